The SMILES string of the molecule is Cc1ccc(S(=O)(=O)N2CCCC(C(=O)N3CCN(C(=O)C4CCC4)CC3)C2)s1. The first kappa shape index (κ1) is 20.8. The summed E-state index contributed by atoms with van der Waals surface area (Å²) in [6.07, 6.45) is 4.54. The van der Waals surface area contributed by atoms with E-state index in [9.17, 15) is 18.0 Å². The third-order valence-electron chi connectivity index (χ3n) is 6.40. The fraction of sp³-hybridized carbons (Fsp3) is 0.700. The zero-order chi connectivity index (χ0) is 20.6. The minimum absolute atomic E-state index is 0.0306. The molecule has 1 aliphatic carbocycles. The molecule has 0 bridgehead atoms. The molecule has 2 aliphatic heterocycles. The highest BCUT2D eigenvalue weighted by atomic mass is 32.2. The van der Waals surface area contributed by atoms with Crippen LogP contribution in [-0.4, -0.2) is 73.6 Å². The third-order valence-corrected chi connectivity index (χ3v) is 9.73. The maximum atomic E-state index is 13.0. The number of nitrogens with zero attached hydrogens (tertiary/aromatic N) is 3. The lowest BCUT2D eigenvalue weighted by molar-refractivity contribution is -0.146. The highest BCUT2D eigenvalue weighted by Crippen LogP contribution is 2.30. The Morgan fingerprint density at radius 1 is 0.897 bits per heavy atom. The van der Waals surface area contributed by atoms with E-state index in [1.54, 1.807) is 6.07 Å². The average Bonchev–Trinajstić information content (AvgIpc) is 3.13. The zero-order valence-corrected chi connectivity index (χ0v) is 18.5. The van der Waals surface area contributed by atoms with Gasteiger partial charge in [0.05, 0.1) is 5.92 Å². The van der Waals surface area contributed by atoms with Crippen molar-refractivity contribution in [3.05, 3.63) is 17.0 Å². The number of rotatable bonds is 4. The molecule has 0 radical (unpaired) electrons. The number of carbonyl (C=O) groups excluding carboxylic acids is 2. The van der Waals surface area contributed by atoms with Gasteiger partial charge in [0.15, 0.2) is 0 Å². The average molecular weight is 440 g/mol. The van der Waals surface area contributed by atoms with Crippen LogP contribution in [0.4, 0.5) is 0 Å². The molecule has 0 aromatic carbocycles. The van der Waals surface area contributed by atoms with Crippen LogP contribution in [0.1, 0.15) is 37.0 Å². The van der Waals surface area contributed by atoms with Crippen LogP contribution in [0.5, 0.6) is 0 Å². The Kier molecular flexibility index (Phi) is 5.99. The molecule has 160 valence electrons. The van der Waals surface area contributed by atoms with Gasteiger partial charge in [-0.25, -0.2) is 8.42 Å². The number of carbonyl (C=O) groups is 2. The van der Waals surface area contributed by atoms with E-state index in [0.717, 1.165) is 30.6 Å². The first-order valence-corrected chi connectivity index (χ1v) is 12.8. The molecule has 29 heavy (non-hydrogen) atoms. The van der Waals surface area contributed by atoms with Gasteiger partial charge in [0.25, 0.3) is 10.0 Å². The molecule has 0 spiro atoms. The minimum atomic E-state index is -3.54. The molecule has 3 aliphatic rings. The monoisotopic (exact) mass is 439 g/mol. The molecule has 1 aromatic heterocycles. The predicted molar refractivity (Wildman–Crippen MR) is 111 cm³/mol. The molecular formula is C20H29N3O4S2. The summed E-state index contributed by atoms with van der Waals surface area (Å²) >= 11 is 1.28. The topological polar surface area (TPSA) is 78.0 Å². The fourth-order valence-electron chi connectivity index (χ4n) is 4.36. The van der Waals surface area contributed by atoms with Gasteiger partial charge in [-0.1, -0.05) is 6.42 Å². The number of hydrogen-bond donors (Lipinski definition) is 0. The van der Waals surface area contributed by atoms with Crippen molar-refractivity contribution in [3.8, 4) is 0 Å². The van der Waals surface area contributed by atoms with E-state index >= 15 is 0 Å². The van der Waals surface area contributed by atoms with Crippen LogP contribution in [0.25, 0.3) is 0 Å². The fourth-order valence-corrected chi connectivity index (χ4v) is 7.32. The van der Waals surface area contributed by atoms with Gasteiger partial charge in [0, 0.05) is 50.1 Å². The van der Waals surface area contributed by atoms with Crippen LogP contribution in [-0.2, 0) is 19.6 Å². The second kappa shape index (κ2) is 8.35. The van der Waals surface area contributed by atoms with Crippen LogP contribution >= 0.6 is 11.3 Å². The van der Waals surface area contributed by atoms with Crippen molar-refractivity contribution >= 4 is 33.2 Å². The largest absolute Gasteiger partial charge is 0.339 e. The van der Waals surface area contributed by atoms with Crippen molar-refractivity contribution in [2.24, 2.45) is 11.8 Å². The van der Waals surface area contributed by atoms with Crippen LogP contribution in [0, 0.1) is 18.8 Å². The quantitative estimate of drug-likeness (QED) is 0.718. The van der Waals surface area contributed by atoms with Gasteiger partial charge in [0.1, 0.15) is 4.21 Å². The van der Waals surface area contributed by atoms with Crippen molar-refractivity contribution in [2.45, 2.75) is 43.2 Å². The van der Waals surface area contributed by atoms with Crippen LogP contribution in [0.2, 0.25) is 0 Å². The number of hydrogen-bond acceptors (Lipinski definition) is 5. The molecule has 2 amide bonds. The molecule has 1 aromatic rings. The summed E-state index contributed by atoms with van der Waals surface area (Å²) in [4.78, 5) is 30.1. The molecule has 0 N–H and O–H groups in total. The number of aryl methyl sites for hydroxylation is 1. The van der Waals surface area contributed by atoms with Crippen LogP contribution < -0.4 is 0 Å². The number of thiophene rings is 1. The number of amides is 2. The number of sulfonamides is 1. The van der Waals surface area contributed by atoms with Crippen molar-refractivity contribution in [1.29, 1.82) is 0 Å². The maximum Gasteiger partial charge on any atom is 0.252 e. The van der Waals surface area contributed by atoms with E-state index in [2.05, 4.69) is 0 Å². The molecule has 4 rings (SSSR count). The Labute approximate surface area is 176 Å². The molecular weight excluding hydrogens is 410 g/mol. The Balaban J connectivity index is 1.35. The van der Waals surface area contributed by atoms with Gasteiger partial charge >= 0.3 is 0 Å². The maximum absolute atomic E-state index is 13.0. The first-order valence-electron chi connectivity index (χ1n) is 10.5. The van der Waals surface area contributed by atoms with Gasteiger partial charge in [0.2, 0.25) is 11.8 Å². The van der Waals surface area contributed by atoms with Gasteiger partial charge < -0.3 is 9.80 Å². The standard InChI is InChI=1S/C20H29N3O4S2/c1-15-7-8-18(28-15)29(26,27)23-9-3-6-17(14-23)20(25)22-12-10-21(11-13-22)19(24)16-4-2-5-16/h7-8,16-17H,2-6,9-14H2,1H3. The normalized spacial score (nSPS) is 24.4. The summed E-state index contributed by atoms with van der Waals surface area (Å²) in [6, 6.07) is 3.47. The molecule has 1 atom stereocenters. The van der Waals surface area contributed by atoms with E-state index in [-0.39, 0.29) is 30.2 Å². The van der Waals surface area contributed by atoms with E-state index in [1.807, 2.05) is 22.8 Å². The Morgan fingerprint density at radius 2 is 1.48 bits per heavy atom. The smallest absolute Gasteiger partial charge is 0.252 e. The Hall–Kier alpha value is -1.45. The second-order valence-corrected chi connectivity index (χ2v) is 11.8. The van der Waals surface area contributed by atoms with Crippen molar-refractivity contribution in [2.75, 3.05) is 39.3 Å². The zero-order valence-electron chi connectivity index (χ0n) is 16.9. The second-order valence-electron chi connectivity index (χ2n) is 8.35. The van der Waals surface area contributed by atoms with Crippen LogP contribution in [0.3, 0.4) is 0 Å². The molecule has 7 nitrogen and oxygen atoms in total. The molecule has 9 heteroatoms. The van der Waals surface area contributed by atoms with E-state index < -0.39 is 10.0 Å². The highest BCUT2D eigenvalue weighted by Gasteiger charge is 2.37. The van der Waals surface area contributed by atoms with Gasteiger partial charge in [-0.05, 0) is 44.7 Å². The minimum Gasteiger partial charge on any atom is -0.339 e. The van der Waals surface area contributed by atoms with E-state index in [4.69, 9.17) is 0 Å². The lowest BCUT2D eigenvalue weighted by Crippen LogP contribution is -2.55. The summed E-state index contributed by atoms with van der Waals surface area (Å²) < 4.78 is 27.7. The van der Waals surface area contributed by atoms with Crippen LogP contribution in [0.15, 0.2) is 16.3 Å². The molecule has 1 saturated carbocycles. The summed E-state index contributed by atoms with van der Waals surface area (Å²) in [7, 11) is -3.54. The Morgan fingerprint density at radius 3 is 2.00 bits per heavy atom. The lowest BCUT2D eigenvalue weighted by Gasteiger charge is -2.40. The van der Waals surface area contributed by atoms with Crippen molar-refractivity contribution < 1.29 is 18.0 Å². The first-order chi connectivity index (χ1) is 13.9. The van der Waals surface area contributed by atoms with Crippen molar-refractivity contribution in [3.63, 3.8) is 0 Å². The van der Waals surface area contributed by atoms with E-state index in [0.29, 0.717) is 43.4 Å². The Bertz CT molecular complexity index is 870. The molecule has 2 saturated heterocycles. The van der Waals surface area contributed by atoms with Gasteiger partial charge in [-0.3, -0.25) is 9.59 Å². The van der Waals surface area contributed by atoms with E-state index in [1.165, 1.54) is 15.6 Å². The molecule has 3 fully saturated rings. The summed E-state index contributed by atoms with van der Waals surface area (Å²) in [5.41, 5.74) is 0. The molecule has 3 heterocycles. The van der Waals surface area contributed by atoms with Gasteiger partial charge in [-0.15, -0.1) is 11.3 Å². The number of piperidine rings is 1. The summed E-state index contributed by atoms with van der Waals surface area (Å²) in [5.74, 6) is 0.163. The summed E-state index contributed by atoms with van der Waals surface area (Å²) in [6.45, 7) is 4.87. The number of piperazine rings is 1. The highest BCUT2D eigenvalue weighted by molar-refractivity contribution is 7.91. The third kappa shape index (κ3) is 4.22. The molecule has 1 unspecified atom stereocenters. The predicted octanol–water partition coefficient (Wildman–Crippen LogP) is 1.93. The summed E-state index contributed by atoms with van der Waals surface area (Å²) in [5, 5.41) is 0. The lowest BCUT2D eigenvalue weighted by atomic mass is 9.84. The van der Waals surface area contributed by atoms with Crippen molar-refractivity contribution in [1.82, 2.24) is 14.1 Å². The van der Waals surface area contributed by atoms with Gasteiger partial charge in [-0.2, -0.15) is 4.31 Å².